The van der Waals surface area contributed by atoms with Crippen LogP contribution in [0.4, 0.5) is 5.69 Å². The zero-order valence-electron chi connectivity index (χ0n) is 12.7. The van der Waals surface area contributed by atoms with E-state index in [0.717, 1.165) is 16.1 Å². The normalized spacial score (nSPS) is 10.2. The first-order chi connectivity index (χ1) is 11.7. The van der Waals surface area contributed by atoms with Crippen molar-refractivity contribution in [1.82, 2.24) is 4.98 Å². The Kier molecular flexibility index (Phi) is 5.32. The van der Waals surface area contributed by atoms with Crippen LogP contribution in [0.25, 0.3) is 0 Å². The Bertz CT molecular complexity index is 858. The lowest BCUT2D eigenvalue weighted by Gasteiger charge is -2.11. The van der Waals surface area contributed by atoms with Gasteiger partial charge in [-0.15, -0.1) is 11.3 Å². The summed E-state index contributed by atoms with van der Waals surface area (Å²) in [6.07, 6.45) is 1.75. The van der Waals surface area contributed by atoms with Crippen LogP contribution in [-0.2, 0) is 13.2 Å². The van der Waals surface area contributed by atoms with Gasteiger partial charge in [-0.05, 0) is 17.7 Å². The van der Waals surface area contributed by atoms with Crippen molar-refractivity contribution in [3.05, 3.63) is 75.2 Å². The average Bonchev–Trinajstić information content (AvgIpc) is 3.04. The van der Waals surface area contributed by atoms with Gasteiger partial charge in [0.25, 0.3) is 0 Å². The number of thiazole rings is 1. The minimum atomic E-state index is 0.420. The Morgan fingerprint density at radius 2 is 2.04 bits per heavy atom. The summed E-state index contributed by atoms with van der Waals surface area (Å²) in [5.74, 6) is 0.564. The SMILES string of the molecule is N#Cc1ccc(NCc2cnc(Cl)s2)cc1OCc1ccccc1. The van der Waals surface area contributed by atoms with Crippen LogP contribution in [0.5, 0.6) is 5.75 Å². The lowest BCUT2D eigenvalue weighted by molar-refractivity contribution is 0.305. The summed E-state index contributed by atoms with van der Waals surface area (Å²) in [4.78, 5) is 5.05. The molecule has 0 spiro atoms. The van der Waals surface area contributed by atoms with Crippen LogP contribution in [-0.4, -0.2) is 4.98 Å². The molecular formula is C18H14ClN3OS. The molecule has 0 bridgehead atoms. The second-order valence-corrected chi connectivity index (χ2v) is 6.73. The number of nitriles is 1. The number of aromatic nitrogens is 1. The minimum Gasteiger partial charge on any atom is -0.487 e. The van der Waals surface area contributed by atoms with Gasteiger partial charge in [-0.2, -0.15) is 5.26 Å². The molecular weight excluding hydrogens is 342 g/mol. The number of halogens is 1. The van der Waals surface area contributed by atoms with Gasteiger partial charge in [-0.25, -0.2) is 4.98 Å². The molecule has 4 nitrogen and oxygen atoms in total. The summed E-state index contributed by atoms with van der Waals surface area (Å²) in [5.41, 5.74) is 2.44. The maximum Gasteiger partial charge on any atom is 0.183 e. The molecule has 0 saturated heterocycles. The Morgan fingerprint density at radius 3 is 2.75 bits per heavy atom. The molecule has 2 aromatic carbocycles. The molecule has 0 radical (unpaired) electrons. The topological polar surface area (TPSA) is 57.9 Å². The van der Waals surface area contributed by atoms with Crippen molar-refractivity contribution in [3.63, 3.8) is 0 Å². The zero-order chi connectivity index (χ0) is 16.8. The molecule has 0 saturated carbocycles. The average molecular weight is 356 g/mol. The highest BCUT2D eigenvalue weighted by molar-refractivity contribution is 7.15. The standard InChI is InChI=1S/C18H14ClN3OS/c19-18-22-11-16(24-18)10-21-15-7-6-14(9-20)17(8-15)23-12-13-4-2-1-3-5-13/h1-8,11,21H,10,12H2. The third-order valence-electron chi connectivity index (χ3n) is 3.33. The smallest absolute Gasteiger partial charge is 0.183 e. The van der Waals surface area contributed by atoms with Crippen LogP contribution in [0.2, 0.25) is 4.47 Å². The number of rotatable bonds is 6. The molecule has 3 aromatic rings. The van der Waals surface area contributed by atoms with Crippen molar-refractivity contribution < 1.29 is 4.74 Å². The van der Waals surface area contributed by atoms with Gasteiger partial charge in [0.2, 0.25) is 0 Å². The van der Waals surface area contributed by atoms with Crippen molar-refractivity contribution in [2.75, 3.05) is 5.32 Å². The van der Waals surface area contributed by atoms with E-state index in [1.807, 2.05) is 42.5 Å². The first kappa shape index (κ1) is 16.3. The molecule has 1 aromatic heterocycles. The van der Waals surface area contributed by atoms with Crippen molar-refractivity contribution in [2.24, 2.45) is 0 Å². The molecule has 120 valence electrons. The number of ether oxygens (including phenoxy) is 1. The second-order valence-electron chi connectivity index (χ2n) is 5.03. The fourth-order valence-electron chi connectivity index (χ4n) is 2.13. The Labute approximate surface area is 149 Å². The van der Waals surface area contributed by atoms with Gasteiger partial charge in [0.05, 0.1) is 12.1 Å². The van der Waals surface area contributed by atoms with Crippen molar-refractivity contribution in [2.45, 2.75) is 13.2 Å². The van der Waals surface area contributed by atoms with Gasteiger partial charge in [0.1, 0.15) is 18.4 Å². The largest absolute Gasteiger partial charge is 0.487 e. The molecule has 0 aliphatic heterocycles. The molecule has 0 fully saturated rings. The molecule has 24 heavy (non-hydrogen) atoms. The van der Waals surface area contributed by atoms with E-state index < -0.39 is 0 Å². The lowest BCUT2D eigenvalue weighted by Crippen LogP contribution is -2.01. The van der Waals surface area contributed by atoms with E-state index in [9.17, 15) is 5.26 Å². The van der Waals surface area contributed by atoms with Crippen LogP contribution in [0.1, 0.15) is 16.0 Å². The molecule has 0 atom stereocenters. The van der Waals surface area contributed by atoms with Crippen LogP contribution in [0.3, 0.4) is 0 Å². The first-order valence-electron chi connectivity index (χ1n) is 7.29. The van der Waals surface area contributed by atoms with Gasteiger partial charge in [-0.1, -0.05) is 41.9 Å². The number of hydrogen-bond acceptors (Lipinski definition) is 5. The fourth-order valence-corrected chi connectivity index (χ4v) is 3.05. The van der Waals surface area contributed by atoms with Crippen LogP contribution in [0.15, 0.2) is 54.7 Å². The zero-order valence-corrected chi connectivity index (χ0v) is 14.3. The minimum absolute atomic E-state index is 0.420. The monoisotopic (exact) mass is 355 g/mol. The van der Waals surface area contributed by atoms with Crippen molar-refractivity contribution in [3.8, 4) is 11.8 Å². The van der Waals surface area contributed by atoms with Gasteiger partial charge in [0, 0.05) is 22.8 Å². The molecule has 0 amide bonds. The lowest BCUT2D eigenvalue weighted by atomic mass is 10.2. The number of benzene rings is 2. The summed E-state index contributed by atoms with van der Waals surface area (Å²) in [6.45, 7) is 1.04. The molecule has 6 heteroatoms. The van der Waals surface area contributed by atoms with Crippen LogP contribution >= 0.6 is 22.9 Å². The summed E-state index contributed by atoms with van der Waals surface area (Å²) < 4.78 is 6.34. The number of hydrogen-bond donors (Lipinski definition) is 1. The van der Waals surface area contributed by atoms with Crippen LogP contribution < -0.4 is 10.1 Å². The molecule has 0 aliphatic rings. The van der Waals surface area contributed by atoms with Gasteiger partial charge in [0.15, 0.2) is 4.47 Å². The van der Waals surface area contributed by atoms with Crippen molar-refractivity contribution >= 4 is 28.6 Å². The number of anilines is 1. The molecule has 1 N–H and O–H groups in total. The molecule has 0 unspecified atom stereocenters. The van der Waals surface area contributed by atoms with E-state index in [0.29, 0.717) is 28.9 Å². The molecule has 0 aliphatic carbocycles. The van der Waals surface area contributed by atoms with E-state index in [-0.39, 0.29) is 0 Å². The first-order valence-corrected chi connectivity index (χ1v) is 8.49. The summed E-state index contributed by atoms with van der Waals surface area (Å²) in [5, 5.41) is 12.5. The number of nitrogens with one attached hydrogen (secondary N) is 1. The van der Waals surface area contributed by atoms with E-state index in [4.69, 9.17) is 16.3 Å². The highest BCUT2D eigenvalue weighted by Crippen LogP contribution is 2.25. The Morgan fingerprint density at radius 1 is 1.21 bits per heavy atom. The van der Waals surface area contributed by atoms with E-state index in [2.05, 4.69) is 16.4 Å². The van der Waals surface area contributed by atoms with Gasteiger partial charge >= 0.3 is 0 Å². The van der Waals surface area contributed by atoms with Gasteiger partial charge in [-0.3, -0.25) is 0 Å². The predicted molar refractivity (Wildman–Crippen MR) is 96.4 cm³/mol. The predicted octanol–water partition coefficient (Wildman–Crippen LogP) is 4.86. The second kappa shape index (κ2) is 7.82. The van der Waals surface area contributed by atoms with Crippen molar-refractivity contribution in [1.29, 1.82) is 5.26 Å². The van der Waals surface area contributed by atoms with E-state index in [1.165, 1.54) is 11.3 Å². The molecule has 3 rings (SSSR count). The van der Waals surface area contributed by atoms with E-state index in [1.54, 1.807) is 12.3 Å². The van der Waals surface area contributed by atoms with Crippen LogP contribution in [0, 0.1) is 11.3 Å². The Hall–Kier alpha value is -2.55. The maximum atomic E-state index is 9.25. The quantitative estimate of drug-likeness (QED) is 0.686. The molecule has 1 heterocycles. The maximum absolute atomic E-state index is 9.25. The number of nitrogens with zero attached hydrogens (tertiary/aromatic N) is 2. The fraction of sp³-hybridized carbons (Fsp3) is 0.111. The van der Waals surface area contributed by atoms with Gasteiger partial charge < -0.3 is 10.1 Å². The third kappa shape index (κ3) is 4.25. The summed E-state index contributed by atoms with van der Waals surface area (Å²) in [7, 11) is 0. The third-order valence-corrected chi connectivity index (χ3v) is 4.45. The van der Waals surface area contributed by atoms with E-state index >= 15 is 0 Å². The highest BCUT2D eigenvalue weighted by Gasteiger charge is 2.06. The summed E-state index contributed by atoms with van der Waals surface area (Å²) in [6, 6.07) is 17.5. The highest BCUT2D eigenvalue weighted by atomic mass is 35.5. The Balaban J connectivity index is 1.69. The summed E-state index contributed by atoms with van der Waals surface area (Å²) >= 11 is 7.26.